The van der Waals surface area contributed by atoms with Gasteiger partial charge in [-0.25, -0.2) is 5.84 Å². The fourth-order valence-electron chi connectivity index (χ4n) is 0.962. The molecule has 0 saturated carbocycles. The monoisotopic (exact) mass is 178 g/mol. The maximum atomic E-state index is 5.72. The van der Waals surface area contributed by atoms with Gasteiger partial charge < -0.3 is 10.7 Å². The van der Waals surface area contributed by atoms with Crippen molar-refractivity contribution in [1.82, 2.24) is 5.01 Å². The average molecular weight is 178 g/mol. The molecule has 13 heavy (non-hydrogen) atoms. The number of hydrogen-bond donors (Lipinski definition) is 2. The second-order valence-electron chi connectivity index (χ2n) is 2.82. The first kappa shape index (κ1) is 9.54. The molecule has 0 saturated heterocycles. The third-order valence-corrected chi connectivity index (χ3v) is 1.67. The lowest BCUT2D eigenvalue weighted by Gasteiger charge is -2.22. The third kappa shape index (κ3) is 3.13. The molecule has 4 N–H and O–H groups in total. The van der Waals surface area contributed by atoms with Crippen molar-refractivity contribution in [3.8, 4) is 0 Å². The van der Waals surface area contributed by atoms with Crippen LogP contribution < -0.4 is 11.6 Å². The molecule has 1 heterocycles. The molecular weight excluding hydrogens is 164 g/mol. The van der Waals surface area contributed by atoms with Crippen molar-refractivity contribution in [2.24, 2.45) is 16.6 Å². The maximum Gasteiger partial charge on any atom is 0.0831 e. The van der Waals surface area contributed by atoms with E-state index in [4.69, 9.17) is 11.6 Å². The molecule has 0 fully saturated rings. The minimum Gasteiger partial charge on any atom is -0.399 e. The molecule has 1 aliphatic heterocycles. The molecule has 0 spiro atoms. The predicted molar refractivity (Wildman–Crippen MR) is 54.5 cm³/mol. The molecule has 4 nitrogen and oxygen atoms in total. The highest BCUT2D eigenvalue weighted by Gasteiger charge is 2.09. The van der Waals surface area contributed by atoms with E-state index in [1.54, 1.807) is 29.7 Å². The zero-order valence-electron chi connectivity index (χ0n) is 7.43. The van der Waals surface area contributed by atoms with E-state index in [1.165, 1.54) is 0 Å². The van der Waals surface area contributed by atoms with Crippen molar-refractivity contribution in [1.29, 1.82) is 0 Å². The number of hydrazine groups is 1. The molecule has 1 rings (SSSR count). The van der Waals surface area contributed by atoms with Crippen LogP contribution in [0.5, 0.6) is 0 Å². The zero-order chi connectivity index (χ0) is 9.68. The number of hydrogen-bond acceptors (Lipinski definition) is 4. The fourth-order valence-corrected chi connectivity index (χ4v) is 0.962. The summed E-state index contributed by atoms with van der Waals surface area (Å²) in [6.07, 6.45) is 9.74. The van der Waals surface area contributed by atoms with Crippen LogP contribution >= 0.6 is 0 Å². The summed E-state index contributed by atoms with van der Waals surface area (Å²) in [5.74, 6) is 5.72. The van der Waals surface area contributed by atoms with E-state index < -0.39 is 0 Å². The van der Waals surface area contributed by atoms with Crippen molar-refractivity contribution in [3.63, 3.8) is 0 Å². The van der Waals surface area contributed by atoms with Crippen LogP contribution in [0.15, 0.2) is 41.8 Å². The number of rotatable bonds is 3. The fraction of sp³-hybridized carbons (Fsp3) is 0.222. The van der Waals surface area contributed by atoms with Gasteiger partial charge in [-0.3, -0.25) is 4.99 Å². The van der Waals surface area contributed by atoms with Crippen LogP contribution in [-0.4, -0.2) is 17.3 Å². The first-order valence-corrected chi connectivity index (χ1v) is 4.04. The van der Waals surface area contributed by atoms with E-state index in [0.29, 0.717) is 5.70 Å². The normalized spacial score (nSPS) is 20.8. The van der Waals surface area contributed by atoms with E-state index in [9.17, 15) is 0 Å². The lowest BCUT2D eigenvalue weighted by molar-refractivity contribution is 0.353. The highest BCUT2D eigenvalue weighted by Crippen LogP contribution is 2.04. The van der Waals surface area contributed by atoms with Gasteiger partial charge in [-0.15, -0.1) is 0 Å². The molecule has 0 aromatic carbocycles. The first-order chi connectivity index (χ1) is 6.20. The summed E-state index contributed by atoms with van der Waals surface area (Å²) in [5, 5.41) is 1.56. The average Bonchev–Trinajstić information content (AvgIpc) is 2.15. The smallest absolute Gasteiger partial charge is 0.0831 e. The Morgan fingerprint density at radius 2 is 2.46 bits per heavy atom. The van der Waals surface area contributed by atoms with Gasteiger partial charge >= 0.3 is 0 Å². The van der Waals surface area contributed by atoms with Gasteiger partial charge in [0, 0.05) is 24.3 Å². The van der Waals surface area contributed by atoms with Crippen LogP contribution in [0, 0.1) is 0 Å². The molecule has 1 atom stereocenters. The van der Waals surface area contributed by atoms with Crippen LogP contribution in [0.1, 0.15) is 6.42 Å². The summed E-state index contributed by atoms with van der Waals surface area (Å²) in [5.41, 5.74) is 5.84. The van der Waals surface area contributed by atoms with E-state index in [0.717, 1.165) is 6.42 Å². The number of allylic oxidation sites excluding steroid dienone is 1. The summed E-state index contributed by atoms with van der Waals surface area (Å²) in [6.45, 7) is 3.53. The van der Waals surface area contributed by atoms with Gasteiger partial charge in [0.25, 0.3) is 0 Å². The van der Waals surface area contributed by atoms with Crippen molar-refractivity contribution >= 4 is 6.21 Å². The SMILES string of the molecule is C=C(N)/C=C\N(N)C1C=NC=CC1. The summed E-state index contributed by atoms with van der Waals surface area (Å²) in [4.78, 5) is 3.99. The van der Waals surface area contributed by atoms with Gasteiger partial charge in [0.1, 0.15) is 0 Å². The van der Waals surface area contributed by atoms with Crippen LogP contribution in [0.2, 0.25) is 0 Å². The topological polar surface area (TPSA) is 67.6 Å². The summed E-state index contributed by atoms with van der Waals surface area (Å²) in [7, 11) is 0. The highest BCUT2D eigenvalue weighted by molar-refractivity contribution is 5.66. The largest absolute Gasteiger partial charge is 0.399 e. The molecule has 0 aromatic rings. The van der Waals surface area contributed by atoms with Crippen molar-refractivity contribution in [3.05, 3.63) is 36.8 Å². The summed E-state index contributed by atoms with van der Waals surface area (Å²) < 4.78 is 0. The van der Waals surface area contributed by atoms with Gasteiger partial charge in [0.15, 0.2) is 0 Å². The van der Waals surface area contributed by atoms with Gasteiger partial charge in [-0.1, -0.05) is 12.7 Å². The van der Waals surface area contributed by atoms with Gasteiger partial charge in [0.2, 0.25) is 0 Å². The molecule has 0 bridgehead atoms. The number of nitrogens with two attached hydrogens (primary N) is 2. The zero-order valence-corrected chi connectivity index (χ0v) is 7.43. The van der Waals surface area contributed by atoms with E-state index in [2.05, 4.69) is 11.6 Å². The molecule has 0 aromatic heterocycles. The van der Waals surface area contributed by atoms with Crippen LogP contribution in [0.4, 0.5) is 0 Å². The molecule has 1 unspecified atom stereocenters. The first-order valence-electron chi connectivity index (χ1n) is 4.04. The molecule has 0 radical (unpaired) electrons. The highest BCUT2D eigenvalue weighted by atomic mass is 15.4. The minimum absolute atomic E-state index is 0.112. The minimum atomic E-state index is 0.112. The predicted octanol–water partition coefficient (Wildman–Crippen LogP) is 0.505. The maximum absolute atomic E-state index is 5.72. The lowest BCUT2D eigenvalue weighted by Crippen LogP contribution is -2.38. The Balaban J connectivity index is 2.48. The van der Waals surface area contributed by atoms with Crippen LogP contribution in [0.25, 0.3) is 0 Å². The van der Waals surface area contributed by atoms with Gasteiger partial charge in [-0.05, 0) is 12.5 Å². The third-order valence-electron chi connectivity index (χ3n) is 1.67. The second-order valence-corrected chi connectivity index (χ2v) is 2.82. The molecule has 0 amide bonds. The van der Waals surface area contributed by atoms with E-state index in [1.807, 2.05) is 6.08 Å². The molecule has 0 aliphatic carbocycles. The van der Waals surface area contributed by atoms with E-state index >= 15 is 0 Å². The number of aliphatic imine (C=N–C) groups is 1. The van der Waals surface area contributed by atoms with Crippen molar-refractivity contribution < 1.29 is 0 Å². The Labute approximate surface area is 77.9 Å². The molecular formula is C9H14N4. The molecule has 4 heteroatoms. The number of nitrogens with zero attached hydrogens (tertiary/aromatic N) is 2. The standard InChI is InChI=1S/C9H14N4/c1-8(10)4-6-13(11)9-3-2-5-12-7-9/h2,4-7,9H,1,3,10-11H2/b6-4-. The Morgan fingerprint density at radius 3 is 3.00 bits per heavy atom. The van der Waals surface area contributed by atoms with E-state index in [-0.39, 0.29) is 6.04 Å². The Hall–Kier alpha value is -1.55. The van der Waals surface area contributed by atoms with Gasteiger partial charge in [0.05, 0.1) is 6.04 Å². The quantitative estimate of drug-likeness (QED) is 0.376. The lowest BCUT2D eigenvalue weighted by atomic mass is 10.2. The van der Waals surface area contributed by atoms with Crippen molar-refractivity contribution in [2.75, 3.05) is 0 Å². The Morgan fingerprint density at radius 1 is 1.69 bits per heavy atom. The van der Waals surface area contributed by atoms with Crippen molar-refractivity contribution in [2.45, 2.75) is 12.5 Å². The van der Waals surface area contributed by atoms with Gasteiger partial charge in [-0.2, -0.15) is 0 Å². The second kappa shape index (κ2) is 4.47. The van der Waals surface area contributed by atoms with Crippen LogP contribution in [0.3, 0.4) is 0 Å². The Kier molecular flexibility index (Phi) is 3.28. The summed E-state index contributed by atoms with van der Waals surface area (Å²) in [6, 6.07) is 0.112. The molecule has 1 aliphatic rings. The molecule has 70 valence electrons. The summed E-state index contributed by atoms with van der Waals surface area (Å²) >= 11 is 0. The van der Waals surface area contributed by atoms with Crippen LogP contribution in [-0.2, 0) is 0 Å². The Bertz CT molecular complexity index is 265.